The van der Waals surface area contributed by atoms with Crippen molar-refractivity contribution in [2.75, 3.05) is 7.11 Å². The topological polar surface area (TPSA) is 52.6 Å². The Morgan fingerprint density at radius 3 is 2.09 bits per heavy atom. The van der Waals surface area contributed by atoms with Crippen LogP contribution in [0, 0.1) is 5.82 Å². The third-order valence-corrected chi connectivity index (χ3v) is 3.04. The van der Waals surface area contributed by atoms with Gasteiger partial charge in [-0.05, 0) is 55.5 Å². The Hall–Kier alpha value is -2.95. The molecule has 0 aliphatic rings. The van der Waals surface area contributed by atoms with Gasteiger partial charge >= 0.3 is 5.97 Å². The Morgan fingerprint density at radius 2 is 1.52 bits per heavy atom. The van der Waals surface area contributed by atoms with Crippen molar-refractivity contribution in [3.63, 3.8) is 0 Å². The number of hydrogen-bond acceptors (Lipinski definition) is 4. The van der Waals surface area contributed by atoms with E-state index >= 15 is 0 Å². The summed E-state index contributed by atoms with van der Waals surface area (Å²) in [6.45, 7) is 1.50. The van der Waals surface area contributed by atoms with E-state index in [0.717, 1.165) is 0 Å². The molecule has 0 bridgehead atoms. The lowest BCUT2D eigenvalue weighted by molar-refractivity contribution is 0.0625. The molecule has 0 aromatic heterocycles. The smallest absolute Gasteiger partial charge is 0.343 e. The van der Waals surface area contributed by atoms with Crippen LogP contribution in [-0.4, -0.2) is 18.9 Å². The molecule has 0 aliphatic carbocycles. The van der Waals surface area contributed by atoms with Gasteiger partial charge in [-0.3, -0.25) is 4.79 Å². The van der Waals surface area contributed by atoms with Crippen molar-refractivity contribution in [3.05, 3.63) is 77.3 Å². The van der Waals surface area contributed by atoms with Crippen molar-refractivity contribution in [1.82, 2.24) is 0 Å². The van der Waals surface area contributed by atoms with Gasteiger partial charge in [0.05, 0.1) is 12.7 Å². The van der Waals surface area contributed by atoms with E-state index < -0.39 is 11.8 Å². The maximum Gasteiger partial charge on any atom is 0.343 e. The van der Waals surface area contributed by atoms with Crippen LogP contribution in [0.3, 0.4) is 0 Å². The maximum absolute atomic E-state index is 12.8. The van der Waals surface area contributed by atoms with Gasteiger partial charge in [0, 0.05) is 11.6 Å². The first-order valence-electron chi connectivity index (χ1n) is 6.84. The molecule has 2 aromatic rings. The number of halogens is 1. The zero-order chi connectivity index (χ0) is 16.8. The van der Waals surface area contributed by atoms with Crippen LogP contribution in [-0.2, 0) is 4.74 Å². The average molecular weight is 314 g/mol. The predicted octanol–water partition coefficient (Wildman–Crippen LogP) is 3.78. The molecule has 0 N–H and O–H groups in total. The second-order valence-electron chi connectivity index (χ2n) is 4.74. The highest BCUT2D eigenvalue weighted by atomic mass is 19.1. The first-order valence-corrected chi connectivity index (χ1v) is 6.84. The van der Waals surface area contributed by atoms with Gasteiger partial charge in [0.15, 0.2) is 5.78 Å². The van der Waals surface area contributed by atoms with Crippen LogP contribution in [0.15, 0.2) is 60.4 Å². The number of methoxy groups -OCH3 is 1. The van der Waals surface area contributed by atoms with Crippen LogP contribution in [0.25, 0.3) is 0 Å². The lowest BCUT2D eigenvalue weighted by atomic mass is 10.1. The lowest BCUT2D eigenvalue weighted by Gasteiger charge is -2.05. The number of carbonyl (C=O) groups is 2. The Morgan fingerprint density at radius 1 is 0.957 bits per heavy atom. The largest absolute Gasteiger partial charge is 0.497 e. The van der Waals surface area contributed by atoms with Crippen molar-refractivity contribution in [2.45, 2.75) is 6.92 Å². The van der Waals surface area contributed by atoms with Gasteiger partial charge in [0.1, 0.15) is 17.3 Å². The van der Waals surface area contributed by atoms with Gasteiger partial charge < -0.3 is 9.47 Å². The molecule has 0 radical (unpaired) electrons. The Balaban J connectivity index is 2.04. The Labute approximate surface area is 133 Å². The van der Waals surface area contributed by atoms with Gasteiger partial charge in [-0.2, -0.15) is 0 Å². The number of ether oxygens (including phenoxy) is 2. The average Bonchev–Trinajstić information content (AvgIpc) is 2.55. The highest BCUT2D eigenvalue weighted by Gasteiger charge is 2.10. The van der Waals surface area contributed by atoms with E-state index in [4.69, 9.17) is 9.47 Å². The second-order valence-corrected chi connectivity index (χ2v) is 4.74. The molecule has 0 fully saturated rings. The lowest BCUT2D eigenvalue weighted by Crippen LogP contribution is -2.05. The standard InChI is InChI=1S/C18H15FO4/c1-12(11-17(20)13-3-7-15(19)8-4-13)23-18(21)14-5-9-16(22-2)10-6-14/h3-11H,1-2H3. The van der Waals surface area contributed by atoms with Gasteiger partial charge in [0.2, 0.25) is 0 Å². The summed E-state index contributed by atoms with van der Waals surface area (Å²) in [6, 6.07) is 11.5. The van der Waals surface area contributed by atoms with Crippen LogP contribution < -0.4 is 4.74 Å². The Bertz CT molecular complexity index is 731. The minimum absolute atomic E-state index is 0.153. The highest BCUT2D eigenvalue weighted by Crippen LogP contribution is 2.14. The van der Waals surface area contributed by atoms with Crippen LogP contribution >= 0.6 is 0 Å². The summed E-state index contributed by atoms with van der Waals surface area (Å²) in [5.74, 6) is -0.591. The van der Waals surface area contributed by atoms with E-state index in [1.807, 2.05) is 0 Å². The normalized spacial score (nSPS) is 11.0. The van der Waals surface area contributed by atoms with Crippen LogP contribution in [0.5, 0.6) is 5.75 Å². The van der Waals surface area contributed by atoms with Gasteiger partial charge in [-0.1, -0.05) is 0 Å². The highest BCUT2D eigenvalue weighted by molar-refractivity contribution is 6.05. The number of esters is 1. The summed E-state index contributed by atoms with van der Waals surface area (Å²) in [7, 11) is 1.53. The first-order chi connectivity index (χ1) is 11.0. The predicted molar refractivity (Wildman–Crippen MR) is 82.9 cm³/mol. The zero-order valence-corrected chi connectivity index (χ0v) is 12.7. The molecule has 0 amide bonds. The molecular formula is C18H15FO4. The van der Waals surface area contributed by atoms with E-state index in [1.165, 1.54) is 44.4 Å². The van der Waals surface area contributed by atoms with E-state index in [0.29, 0.717) is 16.9 Å². The molecule has 23 heavy (non-hydrogen) atoms. The van der Waals surface area contributed by atoms with E-state index in [2.05, 4.69) is 0 Å². The van der Waals surface area contributed by atoms with E-state index in [9.17, 15) is 14.0 Å². The van der Waals surface area contributed by atoms with E-state index in [1.54, 1.807) is 24.3 Å². The number of allylic oxidation sites excluding steroid dienone is 2. The first kappa shape index (κ1) is 16.4. The minimum atomic E-state index is -0.576. The SMILES string of the molecule is COc1ccc(C(=O)OC(C)=CC(=O)c2ccc(F)cc2)cc1. The number of ketones is 1. The molecule has 0 aliphatic heterocycles. The molecule has 0 atom stereocenters. The molecule has 118 valence electrons. The maximum atomic E-state index is 12.8. The number of rotatable bonds is 5. The number of benzene rings is 2. The second kappa shape index (κ2) is 7.35. The summed E-state index contributed by atoms with van der Waals surface area (Å²) < 4.78 is 22.9. The monoisotopic (exact) mass is 314 g/mol. The van der Waals surface area contributed by atoms with Crippen molar-refractivity contribution in [3.8, 4) is 5.75 Å². The van der Waals surface area contributed by atoms with Gasteiger partial charge in [-0.25, -0.2) is 9.18 Å². The molecule has 2 aromatic carbocycles. The molecule has 0 saturated carbocycles. The minimum Gasteiger partial charge on any atom is -0.497 e. The summed E-state index contributed by atoms with van der Waals surface area (Å²) in [4.78, 5) is 23.9. The van der Waals surface area contributed by atoms with Crippen LogP contribution in [0.1, 0.15) is 27.6 Å². The van der Waals surface area contributed by atoms with Gasteiger partial charge in [0.25, 0.3) is 0 Å². The molecule has 4 nitrogen and oxygen atoms in total. The zero-order valence-electron chi connectivity index (χ0n) is 12.7. The summed E-state index contributed by atoms with van der Waals surface area (Å²) in [5.41, 5.74) is 0.652. The molecule has 0 unspecified atom stereocenters. The van der Waals surface area contributed by atoms with Crippen LogP contribution in [0.2, 0.25) is 0 Å². The fraction of sp³-hybridized carbons (Fsp3) is 0.111. The van der Waals surface area contributed by atoms with Crippen molar-refractivity contribution in [2.24, 2.45) is 0 Å². The Kier molecular flexibility index (Phi) is 5.25. The van der Waals surface area contributed by atoms with Crippen molar-refractivity contribution < 1.29 is 23.5 Å². The fourth-order valence-electron chi connectivity index (χ4n) is 1.84. The quantitative estimate of drug-likeness (QED) is 0.365. The van der Waals surface area contributed by atoms with Crippen molar-refractivity contribution in [1.29, 1.82) is 0 Å². The number of carbonyl (C=O) groups excluding carboxylic acids is 2. The number of hydrogen-bond donors (Lipinski definition) is 0. The molecule has 0 spiro atoms. The fourth-order valence-corrected chi connectivity index (χ4v) is 1.84. The molecule has 0 heterocycles. The van der Waals surface area contributed by atoms with Crippen LogP contribution in [0.4, 0.5) is 4.39 Å². The van der Waals surface area contributed by atoms with Gasteiger partial charge in [-0.15, -0.1) is 0 Å². The molecule has 0 saturated heterocycles. The molecular weight excluding hydrogens is 299 g/mol. The summed E-state index contributed by atoms with van der Waals surface area (Å²) >= 11 is 0. The summed E-state index contributed by atoms with van der Waals surface area (Å²) in [6.07, 6.45) is 1.19. The third-order valence-electron chi connectivity index (χ3n) is 3.04. The van der Waals surface area contributed by atoms with Crippen molar-refractivity contribution >= 4 is 11.8 Å². The van der Waals surface area contributed by atoms with E-state index in [-0.39, 0.29) is 11.5 Å². The summed E-state index contributed by atoms with van der Waals surface area (Å²) in [5, 5.41) is 0. The molecule has 5 heteroatoms. The third kappa shape index (κ3) is 4.51. The molecule has 2 rings (SSSR count).